The molecule has 2 rings (SSSR count). The normalized spacial score (nSPS) is 17.1. The second-order valence-electron chi connectivity index (χ2n) is 5.72. The van der Waals surface area contributed by atoms with Crippen LogP contribution in [0.2, 0.25) is 0 Å². The lowest BCUT2D eigenvalue weighted by atomic mass is 10.0. The topological polar surface area (TPSA) is 52.6 Å². The van der Waals surface area contributed by atoms with Gasteiger partial charge in [-0.3, -0.25) is 9.69 Å². The van der Waals surface area contributed by atoms with E-state index in [1.807, 2.05) is 19.1 Å². The van der Waals surface area contributed by atoms with Crippen LogP contribution in [0.25, 0.3) is 0 Å². The van der Waals surface area contributed by atoms with Gasteiger partial charge in [0.15, 0.2) is 0 Å². The van der Waals surface area contributed by atoms with Crippen LogP contribution in [0, 0.1) is 6.92 Å². The zero-order chi connectivity index (χ0) is 14.5. The highest BCUT2D eigenvalue weighted by molar-refractivity contribution is 5.77. The summed E-state index contributed by atoms with van der Waals surface area (Å²) in [6.07, 6.45) is 2.07. The Kier molecular flexibility index (Phi) is 5.15. The molecule has 1 aromatic carbocycles. The van der Waals surface area contributed by atoms with Crippen LogP contribution in [-0.2, 0) is 11.4 Å². The Bertz CT molecular complexity index is 466. The van der Waals surface area contributed by atoms with Gasteiger partial charge in [0.1, 0.15) is 5.78 Å². The average Bonchev–Trinajstić information content (AvgIpc) is 2.42. The van der Waals surface area contributed by atoms with Crippen LogP contribution in [0.3, 0.4) is 0 Å². The maximum atomic E-state index is 11.1. The third-order valence-corrected chi connectivity index (χ3v) is 3.82. The number of Topliss-reactive ketones (excluding diaryl/α,β-unsaturated/α-hetero) is 1. The van der Waals surface area contributed by atoms with E-state index in [9.17, 15) is 9.90 Å². The quantitative estimate of drug-likeness (QED) is 0.863. The number of hydrogen-bond donors (Lipinski definition) is 2. The summed E-state index contributed by atoms with van der Waals surface area (Å²) in [6, 6.07) is 6.55. The lowest BCUT2D eigenvalue weighted by Gasteiger charge is -2.32. The molecule has 4 nitrogen and oxygen atoms in total. The molecule has 1 aromatic rings. The van der Waals surface area contributed by atoms with Crippen LogP contribution in [0.5, 0.6) is 0 Å². The number of nitrogens with zero attached hydrogens (tertiary/aromatic N) is 1. The third-order valence-electron chi connectivity index (χ3n) is 3.82. The zero-order valence-corrected chi connectivity index (χ0v) is 12.4. The minimum Gasteiger partial charge on any atom is -0.392 e. The number of likely N-dealkylation sites (tertiary alicyclic amines) is 1. The molecule has 0 unspecified atom stereocenters. The largest absolute Gasteiger partial charge is 0.392 e. The van der Waals surface area contributed by atoms with Crippen molar-refractivity contribution in [2.75, 3.05) is 25.0 Å². The number of anilines is 1. The molecule has 1 fully saturated rings. The molecule has 1 aliphatic heterocycles. The highest BCUT2D eigenvalue weighted by atomic mass is 16.3. The van der Waals surface area contributed by atoms with Gasteiger partial charge < -0.3 is 10.4 Å². The first-order chi connectivity index (χ1) is 9.58. The highest BCUT2D eigenvalue weighted by Gasteiger charge is 2.20. The van der Waals surface area contributed by atoms with Crippen molar-refractivity contribution in [2.24, 2.45) is 0 Å². The van der Waals surface area contributed by atoms with E-state index in [0.29, 0.717) is 12.6 Å². The van der Waals surface area contributed by atoms with Crippen molar-refractivity contribution in [3.8, 4) is 0 Å². The monoisotopic (exact) mass is 276 g/mol. The molecular weight excluding hydrogens is 252 g/mol. The van der Waals surface area contributed by atoms with Crippen LogP contribution in [-0.4, -0.2) is 41.5 Å². The van der Waals surface area contributed by atoms with E-state index in [1.54, 1.807) is 6.92 Å². The predicted molar refractivity (Wildman–Crippen MR) is 80.9 cm³/mol. The number of carbonyl (C=O) groups is 1. The van der Waals surface area contributed by atoms with Crippen molar-refractivity contribution < 1.29 is 9.90 Å². The van der Waals surface area contributed by atoms with Gasteiger partial charge in [-0.2, -0.15) is 0 Å². The van der Waals surface area contributed by atoms with Crippen molar-refractivity contribution in [1.82, 2.24) is 4.90 Å². The van der Waals surface area contributed by atoms with E-state index >= 15 is 0 Å². The number of aliphatic hydroxyl groups is 1. The lowest BCUT2D eigenvalue weighted by Crippen LogP contribution is -2.41. The Morgan fingerprint density at radius 1 is 1.40 bits per heavy atom. The number of piperidine rings is 1. The fourth-order valence-electron chi connectivity index (χ4n) is 2.76. The minimum atomic E-state index is 0.0627. The Labute approximate surface area is 120 Å². The van der Waals surface area contributed by atoms with Crippen LogP contribution < -0.4 is 5.32 Å². The number of aryl methyl sites for hydroxylation is 1. The summed E-state index contributed by atoms with van der Waals surface area (Å²) in [4.78, 5) is 13.3. The summed E-state index contributed by atoms with van der Waals surface area (Å²) in [6.45, 7) is 6.22. The molecule has 0 bridgehead atoms. The molecule has 1 aliphatic rings. The first-order valence-corrected chi connectivity index (χ1v) is 7.27. The number of carbonyl (C=O) groups excluding carboxylic acids is 1. The third kappa shape index (κ3) is 4.05. The fourth-order valence-corrected chi connectivity index (χ4v) is 2.76. The molecule has 0 aliphatic carbocycles. The van der Waals surface area contributed by atoms with Gasteiger partial charge in [0.05, 0.1) is 13.2 Å². The summed E-state index contributed by atoms with van der Waals surface area (Å²) in [5, 5.41) is 13.0. The zero-order valence-electron chi connectivity index (χ0n) is 12.4. The maximum Gasteiger partial charge on any atom is 0.143 e. The summed E-state index contributed by atoms with van der Waals surface area (Å²) in [5.74, 6) is 0.234. The summed E-state index contributed by atoms with van der Waals surface area (Å²) in [5.41, 5.74) is 3.15. The van der Waals surface area contributed by atoms with Gasteiger partial charge in [-0.1, -0.05) is 17.7 Å². The number of ketones is 1. The second kappa shape index (κ2) is 6.86. The SMILES string of the molecule is CC(=O)CN1CCC(Nc2ccc(C)cc2CO)CC1. The van der Waals surface area contributed by atoms with Gasteiger partial charge in [0, 0.05) is 30.4 Å². The van der Waals surface area contributed by atoms with E-state index in [4.69, 9.17) is 0 Å². The molecule has 4 heteroatoms. The van der Waals surface area contributed by atoms with Crippen molar-refractivity contribution in [1.29, 1.82) is 0 Å². The van der Waals surface area contributed by atoms with Crippen molar-refractivity contribution in [3.63, 3.8) is 0 Å². The van der Waals surface area contributed by atoms with Gasteiger partial charge in [-0.05, 0) is 32.8 Å². The van der Waals surface area contributed by atoms with Gasteiger partial charge in [0.25, 0.3) is 0 Å². The van der Waals surface area contributed by atoms with Crippen molar-refractivity contribution in [2.45, 2.75) is 39.3 Å². The molecular formula is C16H24N2O2. The molecule has 2 N–H and O–H groups in total. The molecule has 0 radical (unpaired) electrons. The lowest BCUT2D eigenvalue weighted by molar-refractivity contribution is -0.118. The second-order valence-corrected chi connectivity index (χ2v) is 5.72. The summed E-state index contributed by atoms with van der Waals surface area (Å²) >= 11 is 0. The molecule has 20 heavy (non-hydrogen) atoms. The standard InChI is InChI=1S/C16H24N2O2/c1-12-3-4-16(14(9-12)11-19)17-15-5-7-18(8-6-15)10-13(2)20/h3-4,9,15,17,19H,5-8,10-11H2,1-2H3. The van der Waals surface area contributed by atoms with Crippen LogP contribution in [0.1, 0.15) is 30.9 Å². The van der Waals surface area contributed by atoms with Gasteiger partial charge >= 0.3 is 0 Å². The molecule has 0 saturated carbocycles. The number of benzene rings is 1. The molecule has 1 heterocycles. The summed E-state index contributed by atoms with van der Waals surface area (Å²) in [7, 11) is 0. The fraction of sp³-hybridized carbons (Fsp3) is 0.562. The van der Waals surface area contributed by atoms with E-state index in [1.165, 1.54) is 0 Å². The Hall–Kier alpha value is -1.39. The van der Waals surface area contributed by atoms with Gasteiger partial charge in [-0.25, -0.2) is 0 Å². The average molecular weight is 276 g/mol. The highest BCUT2D eigenvalue weighted by Crippen LogP contribution is 2.21. The van der Waals surface area contributed by atoms with E-state index in [0.717, 1.165) is 42.7 Å². The molecule has 110 valence electrons. The summed E-state index contributed by atoms with van der Waals surface area (Å²) < 4.78 is 0. The number of rotatable bonds is 5. The van der Waals surface area contributed by atoms with E-state index < -0.39 is 0 Å². The maximum absolute atomic E-state index is 11.1. The first-order valence-electron chi connectivity index (χ1n) is 7.27. The molecule has 1 saturated heterocycles. The molecule has 0 amide bonds. The number of nitrogens with one attached hydrogen (secondary N) is 1. The van der Waals surface area contributed by atoms with E-state index in [2.05, 4.69) is 16.3 Å². The number of aliphatic hydroxyl groups excluding tert-OH is 1. The van der Waals surface area contributed by atoms with Gasteiger partial charge in [-0.15, -0.1) is 0 Å². The van der Waals surface area contributed by atoms with Crippen molar-refractivity contribution in [3.05, 3.63) is 29.3 Å². The molecule has 0 spiro atoms. The van der Waals surface area contributed by atoms with Crippen LogP contribution >= 0.6 is 0 Å². The predicted octanol–water partition coefficient (Wildman–Crippen LogP) is 1.95. The van der Waals surface area contributed by atoms with Gasteiger partial charge in [0.2, 0.25) is 0 Å². The van der Waals surface area contributed by atoms with E-state index in [-0.39, 0.29) is 12.4 Å². The molecule has 0 aromatic heterocycles. The van der Waals surface area contributed by atoms with Crippen molar-refractivity contribution >= 4 is 11.5 Å². The molecule has 0 atom stereocenters. The number of hydrogen-bond acceptors (Lipinski definition) is 4. The van der Waals surface area contributed by atoms with Crippen LogP contribution in [0.15, 0.2) is 18.2 Å². The first kappa shape index (κ1) is 15.0. The Morgan fingerprint density at radius 2 is 2.10 bits per heavy atom. The Balaban J connectivity index is 1.91. The van der Waals surface area contributed by atoms with Crippen LogP contribution in [0.4, 0.5) is 5.69 Å². The smallest absolute Gasteiger partial charge is 0.143 e. The minimum absolute atomic E-state index is 0.0627. The Morgan fingerprint density at radius 3 is 2.70 bits per heavy atom.